The minimum absolute atomic E-state index is 0.112. The number of ether oxygens (including phenoxy) is 1. The average Bonchev–Trinajstić information content (AvgIpc) is 2.60. The van der Waals surface area contributed by atoms with Gasteiger partial charge in [-0.15, -0.1) is 0 Å². The van der Waals surface area contributed by atoms with Crippen molar-refractivity contribution in [3.63, 3.8) is 0 Å². The average molecular weight is 373 g/mol. The lowest BCUT2D eigenvalue weighted by Gasteiger charge is -2.09. The van der Waals surface area contributed by atoms with Gasteiger partial charge in [-0.1, -0.05) is 35.9 Å². The van der Waals surface area contributed by atoms with E-state index in [2.05, 4.69) is 15.3 Å². The van der Waals surface area contributed by atoms with Crippen LogP contribution in [0.15, 0.2) is 64.6 Å². The molecule has 0 bridgehead atoms. The highest BCUT2D eigenvalue weighted by molar-refractivity contribution is 7.71. The lowest BCUT2D eigenvalue weighted by Crippen LogP contribution is -2.18. The molecule has 1 heterocycles. The fraction of sp³-hybridized carbons (Fsp3) is 0.0588. The van der Waals surface area contributed by atoms with Crippen LogP contribution in [0.5, 0.6) is 5.75 Å². The van der Waals surface area contributed by atoms with Crippen LogP contribution in [0.2, 0.25) is 5.02 Å². The van der Waals surface area contributed by atoms with Crippen LogP contribution in [0.25, 0.3) is 0 Å². The van der Waals surface area contributed by atoms with Crippen molar-refractivity contribution in [3.8, 4) is 5.75 Å². The summed E-state index contributed by atoms with van der Waals surface area (Å²) in [5.74, 6) is 0.628. The van der Waals surface area contributed by atoms with Gasteiger partial charge in [0.2, 0.25) is 4.77 Å². The van der Waals surface area contributed by atoms with Gasteiger partial charge in [-0.2, -0.15) is 14.9 Å². The van der Waals surface area contributed by atoms with E-state index in [9.17, 15) is 4.79 Å². The van der Waals surface area contributed by atoms with Crippen LogP contribution in [-0.4, -0.2) is 21.1 Å². The van der Waals surface area contributed by atoms with Crippen molar-refractivity contribution in [2.75, 3.05) is 0 Å². The van der Waals surface area contributed by atoms with Crippen LogP contribution in [0.3, 0.4) is 0 Å². The zero-order valence-corrected chi connectivity index (χ0v) is 14.5. The quantitative estimate of drug-likeness (QED) is 0.550. The van der Waals surface area contributed by atoms with Gasteiger partial charge in [0.05, 0.1) is 6.21 Å². The molecule has 0 saturated carbocycles. The Labute approximate surface area is 153 Å². The molecule has 126 valence electrons. The number of hydrogen-bond acceptors (Lipinski definition) is 5. The number of halogens is 1. The predicted molar refractivity (Wildman–Crippen MR) is 98.9 cm³/mol. The molecule has 8 heteroatoms. The lowest BCUT2D eigenvalue weighted by molar-refractivity contribution is 0.306. The first-order chi connectivity index (χ1) is 12.1. The molecule has 0 spiro atoms. The maximum absolute atomic E-state index is 11.7. The Bertz CT molecular complexity index is 1000. The molecular formula is C17H13ClN4O2S. The molecule has 0 radical (unpaired) electrons. The van der Waals surface area contributed by atoms with Crippen molar-refractivity contribution in [3.05, 3.63) is 86.0 Å². The van der Waals surface area contributed by atoms with Gasteiger partial charge in [0.15, 0.2) is 0 Å². The predicted octanol–water partition coefficient (Wildman–Crippen LogP) is 3.42. The summed E-state index contributed by atoms with van der Waals surface area (Å²) in [4.78, 5) is 11.7. The molecule has 2 aromatic carbocycles. The number of aromatic nitrogens is 3. The second-order valence-corrected chi connectivity index (χ2v) is 5.85. The van der Waals surface area contributed by atoms with Gasteiger partial charge >= 0.3 is 0 Å². The summed E-state index contributed by atoms with van der Waals surface area (Å²) in [6.07, 6.45) is 2.62. The first-order valence-corrected chi connectivity index (χ1v) is 8.09. The summed E-state index contributed by atoms with van der Waals surface area (Å²) in [6.45, 7) is 0.362. The third kappa shape index (κ3) is 4.40. The van der Waals surface area contributed by atoms with E-state index in [1.807, 2.05) is 48.5 Å². The lowest BCUT2D eigenvalue weighted by atomic mass is 10.2. The van der Waals surface area contributed by atoms with Crippen LogP contribution in [0.1, 0.15) is 11.1 Å². The second kappa shape index (κ2) is 7.87. The largest absolute Gasteiger partial charge is 0.488 e. The van der Waals surface area contributed by atoms with Gasteiger partial charge in [0.25, 0.3) is 5.56 Å². The number of para-hydroxylation sites is 1. The highest BCUT2D eigenvalue weighted by Gasteiger charge is 2.03. The highest BCUT2D eigenvalue weighted by Crippen LogP contribution is 2.19. The number of hydrogen-bond donors (Lipinski definition) is 1. The van der Waals surface area contributed by atoms with E-state index in [1.54, 1.807) is 0 Å². The van der Waals surface area contributed by atoms with E-state index >= 15 is 0 Å². The van der Waals surface area contributed by atoms with Crippen LogP contribution >= 0.6 is 23.8 Å². The monoisotopic (exact) mass is 372 g/mol. The van der Waals surface area contributed by atoms with Crippen LogP contribution in [0, 0.1) is 4.77 Å². The normalized spacial score (nSPS) is 10.9. The molecule has 0 saturated heterocycles. The Morgan fingerprint density at radius 3 is 2.92 bits per heavy atom. The highest BCUT2D eigenvalue weighted by atomic mass is 35.5. The third-order valence-electron chi connectivity index (χ3n) is 3.25. The van der Waals surface area contributed by atoms with Gasteiger partial charge in [-0.05, 0) is 42.0 Å². The fourth-order valence-electron chi connectivity index (χ4n) is 2.08. The number of nitrogens with zero attached hydrogens (tertiary/aromatic N) is 3. The molecule has 0 aliphatic rings. The van der Waals surface area contributed by atoms with Crippen LogP contribution < -0.4 is 10.3 Å². The van der Waals surface area contributed by atoms with Crippen LogP contribution in [0.4, 0.5) is 0 Å². The fourth-order valence-corrected chi connectivity index (χ4v) is 2.48. The Morgan fingerprint density at radius 1 is 1.28 bits per heavy atom. The minimum Gasteiger partial charge on any atom is -0.488 e. The summed E-state index contributed by atoms with van der Waals surface area (Å²) in [7, 11) is 0. The minimum atomic E-state index is -0.419. The number of benzene rings is 2. The first kappa shape index (κ1) is 17.1. The molecule has 3 rings (SSSR count). The molecule has 3 aromatic rings. The molecular weight excluding hydrogens is 360 g/mol. The summed E-state index contributed by atoms with van der Waals surface area (Å²) < 4.78 is 7.01. The summed E-state index contributed by atoms with van der Waals surface area (Å²) in [6, 6.07) is 14.8. The summed E-state index contributed by atoms with van der Waals surface area (Å²) in [5, 5.41) is 10.9. The molecule has 0 aliphatic carbocycles. The van der Waals surface area contributed by atoms with Gasteiger partial charge in [-0.25, -0.2) is 0 Å². The van der Waals surface area contributed by atoms with Crippen molar-refractivity contribution in [2.45, 2.75) is 6.61 Å². The van der Waals surface area contributed by atoms with E-state index in [-0.39, 0.29) is 4.77 Å². The summed E-state index contributed by atoms with van der Waals surface area (Å²) >= 11 is 11.0. The Morgan fingerprint density at radius 2 is 2.12 bits per heavy atom. The van der Waals surface area contributed by atoms with Crippen molar-refractivity contribution in [2.24, 2.45) is 5.10 Å². The first-order valence-electron chi connectivity index (χ1n) is 7.31. The Kier molecular flexibility index (Phi) is 5.37. The van der Waals surface area contributed by atoms with E-state index < -0.39 is 5.56 Å². The second-order valence-electron chi connectivity index (χ2n) is 5.03. The number of aromatic amines is 1. The molecule has 0 atom stereocenters. The van der Waals surface area contributed by atoms with E-state index in [4.69, 9.17) is 28.6 Å². The molecule has 6 nitrogen and oxygen atoms in total. The van der Waals surface area contributed by atoms with Gasteiger partial charge in [0.1, 0.15) is 18.6 Å². The topological polar surface area (TPSA) is 72.3 Å². The molecule has 1 aromatic heterocycles. The Balaban J connectivity index is 1.82. The number of rotatable bonds is 5. The van der Waals surface area contributed by atoms with Gasteiger partial charge < -0.3 is 4.74 Å². The zero-order chi connectivity index (χ0) is 17.6. The van der Waals surface area contributed by atoms with Crippen molar-refractivity contribution in [1.82, 2.24) is 14.9 Å². The molecule has 0 amide bonds. The number of H-pyrrole nitrogens is 1. The third-order valence-corrected chi connectivity index (χ3v) is 3.75. The zero-order valence-electron chi connectivity index (χ0n) is 12.9. The maximum Gasteiger partial charge on any atom is 0.293 e. The van der Waals surface area contributed by atoms with Gasteiger partial charge in [0, 0.05) is 10.6 Å². The summed E-state index contributed by atoms with van der Waals surface area (Å²) in [5.41, 5.74) is 1.24. The van der Waals surface area contributed by atoms with Crippen molar-refractivity contribution in [1.29, 1.82) is 0 Å². The smallest absolute Gasteiger partial charge is 0.293 e. The van der Waals surface area contributed by atoms with E-state index in [0.717, 1.165) is 16.4 Å². The van der Waals surface area contributed by atoms with Crippen molar-refractivity contribution < 1.29 is 4.74 Å². The Hall–Kier alpha value is -2.77. The van der Waals surface area contributed by atoms with E-state index in [0.29, 0.717) is 22.9 Å². The molecule has 0 aliphatic heterocycles. The van der Waals surface area contributed by atoms with Crippen LogP contribution in [-0.2, 0) is 6.61 Å². The molecule has 25 heavy (non-hydrogen) atoms. The molecule has 0 unspecified atom stereocenters. The van der Waals surface area contributed by atoms with E-state index in [1.165, 1.54) is 6.21 Å². The standard InChI is InChI=1S/C17H13ClN4O2S/c18-14-6-3-4-12(8-14)11-24-15-7-2-1-5-13(15)9-20-22-16(23)10-19-21-17(22)25/h1-10H,11H2,(H,21,25)/b20-9+. The SMILES string of the molecule is O=c1cn[nH]c(=S)n1/N=C/c1ccccc1OCc1cccc(Cl)c1. The molecule has 0 fully saturated rings. The maximum atomic E-state index is 11.7. The van der Waals surface area contributed by atoms with Gasteiger partial charge in [-0.3, -0.25) is 9.89 Å². The number of nitrogens with one attached hydrogen (secondary N) is 1. The van der Waals surface area contributed by atoms with Crippen molar-refractivity contribution >= 4 is 30.0 Å². The molecule has 1 N–H and O–H groups in total.